The van der Waals surface area contributed by atoms with E-state index in [4.69, 9.17) is 14.6 Å². The number of piperidine rings is 2. The lowest BCUT2D eigenvalue weighted by Gasteiger charge is -2.36. The number of aryl methyl sites for hydroxylation is 1. The number of rotatable bonds is 10. The Balaban J connectivity index is 0.751. The third-order valence-electron chi connectivity index (χ3n) is 12.7. The van der Waals surface area contributed by atoms with Gasteiger partial charge in [0.1, 0.15) is 24.1 Å². The largest absolute Gasteiger partial charge is 0.496 e. The van der Waals surface area contributed by atoms with E-state index in [1.54, 1.807) is 42.1 Å². The summed E-state index contributed by atoms with van der Waals surface area (Å²) in [5.74, 6) is 6.20. The van der Waals surface area contributed by atoms with E-state index in [9.17, 15) is 24.0 Å². The van der Waals surface area contributed by atoms with E-state index in [0.717, 1.165) is 81.9 Å². The van der Waals surface area contributed by atoms with Gasteiger partial charge >= 0.3 is 5.69 Å². The fraction of sp³-hybridized carbons (Fsp3) is 0.467. The van der Waals surface area contributed by atoms with Crippen molar-refractivity contribution in [3.63, 3.8) is 0 Å². The first-order valence-electron chi connectivity index (χ1n) is 21.1. The van der Waals surface area contributed by atoms with Crippen LogP contribution >= 0.6 is 0 Å². The number of methoxy groups -OCH3 is 1. The monoisotopic (exact) mass is 814 g/mol. The lowest BCUT2D eigenvalue weighted by atomic mass is 9.85. The number of fused-ring (bicyclic) bond motifs is 2. The molecule has 312 valence electrons. The summed E-state index contributed by atoms with van der Waals surface area (Å²) >= 11 is 0. The highest BCUT2D eigenvalue weighted by molar-refractivity contribution is 6.08. The third-order valence-corrected chi connectivity index (χ3v) is 12.7. The highest BCUT2D eigenvalue weighted by atomic mass is 16.5. The number of nitrogens with one attached hydrogen (secondary N) is 2. The Morgan fingerprint density at radius 2 is 1.73 bits per heavy atom. The number of carbonyl (C=O) groups excluding carboxylic acids is 3. The molecular formula is C45H50N8O7. The first kappa shape index (κ1) is 39.5. The Morgan fingerprint density at radius 3 is 2.48 bits per heavy atom. The van der Waals surface area contributed by atoms with Gasteiger partial charge in [-0.15, -0.1) is 0 Å². The minimum Gasteiger partial charge on any atom is -0.496 e. The molecule has 4 aliphatic rings. The fourth-order valence-electron chi connectivity index (χ4n) is 9.32. The highest BCUT2D eigenvalue weighted by Gasteiger charge is 2.32. The molecule has 0 radical (unpaired) electrons. The van der Waals surface area contributed by atoms with Gasteiger partial charge in [0.25, 0.3) is 11.5 Å². The van der Waals surface area contributed by atoms with Crippen LogP contribution in [-0.4, -0.2) is 85.6 Å². The zero-order valence-electron chi connectivity index (χ0n) is 34.0. The molecular weight excluding hydrogens is 765 g/mol. The van der Waals surface area contributed by atoms with Crippen molar-refractivity contribution in [2.45, 2.75) is 88.4 Å². The minimum atomic E-state index is -0.741. The van der Waals surface area contributed by atoms with Crippen molar-refractivity contribution in [1.29, 1.82) is 0 Å². The van der Waals surface area contributed by atoms with Crippen LogP contribution < -0.4 is 26.6 Å². The van der Waals surface area contributed by atoms with Gasteiger partial charge in [-0.2, -0.15) is 5.10 Å². The zero-order valence-corrected chi connectivity index (χ0v) is 34.0. The molecule has 5 heterocycles. The summed E-state index contributed by atoms with van der Waals surface area (Å²) in [6, 6.07) is 12.3. The summed E-state index contributed by atoms with van der Waals surface area (Å²) in [5.41, 5.74) is 2.83. The number of para-hydroxylation sites is 1. The van der Waals surface area contributed by atoms with Crippen molar-refractivity contribution >= 4 is 45.3 Å². The Labute approximate surface area is 346 Å². The zero-order chi connectivity index (χ0) is 41.5. The molecule has 15 nitrogen and oxygen atoms in total. The number of anilines is 1. The number of pyridine rings is 1. The van der Waals surface area contributed by atoms with Crippen LogP contribution in [-0.2, 0) is 21.4 Å². The van der Waals surface area contributed by atoms with E-state index >= 15 is 0 Å². The lowest BCUT2D eigenvalue weighted by molar-refractivity contribution is -0.135. The molecule has 1 atom stereocenters. The molecule has 3 amide bonds. The van der Waals surface area contributed by atoms with Crippen molar-refractivity contribution < 1.29 is 23.9 Å². The number of carbonyl (C=O) groups is 3. The quantitative estimate of drug-likeness (QED) is 0.151. The number of nitrogens with zero attached hydrogens (tertiary/aromatic N) is 6. The van der Waals surface area contributed by atoms with Crippen LogP contribution in [0.25, 0.3) is 21.9 Å². The Bertz CT molecular complexity index is 2660. The second kappa shape index (κ2) is 16.6. The molecule has 2 N–H and O–H groups in total. The van der Waals surface area contributed by atoms with Gasteiger partial charge in [0.15, 0.2) is 0 Å². The van der Waals surface area contributed by atoms with Gasteiger partial charge < -0.3 is 24.3 Å². The Kier molecular flexibility index (Phi) is 10.9. The smallest absolute Gasteiger partial charge is 0.329 e. The van der Waals surface area contributed by atoms with Crippen LogP contribution in [0.15, 0.2) is 64.4 Å². The molecule has 15 heteroatoms. The summed E-state index contributed by atoms with van der Waals surface area (Å²) in [4.78, 5) is 66.5. The van der Waals surface area contributed by atoms with Crippen LogP contribution in [0.4, 0.5) is 5.69 Å². The molecule has 2 aromatic carbocycles. The van der Waals surface area contributed by atoms with E-state index in [0.29, 0.717) is 33.8 Å². The standard InChI is InChI=1S/C45H50N8O7/c1-49-41-29(6-3-9-37(41)53(45(49)58)38-16-17-40(54)47-43(38)56)7-5-23-60-33-18-21-50(22-19-33)26-28-10-12-32(13-11-28)52-27-30-24-34(39(59-2)25-36(30)48-52)42(55)46-35-8-4-20-51(44(35)57)31-14-15-31/h3-4,6,8-9,20,24-25,27-28,31-33,38H,10-19,21-23,26H2,1-2H3,(H,46,55)(H,47,54,56). The van der Waals surface area contributed by atoms with Gasteiger partial charge in [0.2, 0.25) is 11.8 Å². The first-order valence-corrected chi connectivity index (χ1v) is 21.1. The van der Waals surface area contributed by atoms with Gasteiger partial charge in [-0.1, -0.05) is 17.9 Å². The van der Waals surface area contributed by atoms with Crippen LogP contribution in [0.3, 0.4) is 0 Å². The van der Waals surface area contributed by atoms with Gasteiger partial charge in [-0.05, 0) is 94.0 Å². The van der Waals surface area contributed by atoms with Crippen molar-refractivity contribution in [3.8, 4) is 17.6 Å². The Morgan fingerprint density at radius 1 is 0.950 bits per heavy atom. The number of amides is 3. The summed E-state index contributed by atoms with van der Waals surface area (Å²) in [6.07, 6.45) is 12.6. The SMILES string of the molecule is COc1cc2nn(C3CCC(CN4CCC(OCC#Cc5cccc6c5n(C)c(=O)n6C5CCC(=O)NC5=O)CC4)CC3)cc2cc1C(=O)Nc1cccn(C2CC2)c1=O. The molecule has 0 bridgehead atoms. The summed E-state index contributed by atoms with van der Waals surface area (Å²) in [5, 5.41) is 10.9. The van der Waals surface area contributed by atoms with E-state index in [2.05, 4.69) is 32.1 Å². The lowest BCUT2D eigenvalue weighted by Crippen LogP contribution is -2.44. The molecule has 3 aromatic heterocycles. The van der Waals surface area contributed by atoms with E-state index in [1.165, 1.54) is 16.2 Å². The van der Waals surface area contributed by atoms with Crippen molar-refractivity contribution in [1.82, 2.24) is 33.7 Å². The fourth-order valence-corrected chi connectivity index (χ4v) is 9.32. The maximum Gasteiger partial charge on any atom is 0.329 e. The second-order valence-electron chi connectivity index (χ2n) is 16.7. The number of aromatic nitrogens is 5. The van der Waals surface area contributed by atoms with E-state index < -0.39 is 17.9 Å². The predicted molar refractivity (Wildman–Crippen MR) is 225 cm³/mol. The van der Waals surface area contributed by atoms with Crippen LogP contribution in [0, 0.1) is 17.8 Å². The summed E-state index contributed by atoms with van der Waals surface area (Å²) in [7, 11) is 3.21. The van der Waals surface area contributed by atoms with Crippen LogP contribution in [0.5, 0.6) is 5.75 Å². The average Bonchev–Trinajstić information content (AvgIpc) is 3.96. The van der Waals surface area contributed by atoms with Crippen LogP contribution in [0.2, 0.25) is 0 Å². The van der Waals surface area contributed by atoms with E-state index in [-0.39, 0.29) is 60.5 Å². The number of imidazole rings is 1. The van der Waals surface area contributed by atoms with Crippen LogP contribution in [0.1, 0.15) is 98.3 Å². The molecule has 2 aliphatic carbocycles. The second-order valence-corrected chi connectivity index (χ2v) is 16.7. The average molecular weight is 815 g/mol. The third kappa shape index (κ3) is 7.89. The number of imide groups is 1. The normalized spacial score (nSPS) is 21.5. The van der Waals surface area contributed by atoms with Gasteiger partial charge in [-0.3, -0.25) is 38.3 Å². The molecule has 1 unspecified atom stereocenters. The number of benzene rings is 2. The molecule has 2 saturated heterocycles. The van der Waals surface area contributed by atoms with Gasteiger partial charge in [0, 0.05) is 63.0 Å². The predicted octanol–water partition coefficient (Wildman–Crippen LogP) is 4.69. The number of hydrogen-bond donors (Lipinski definition) is 2. The minimum absolute atomic E-state index is 0.140. The van der Waals surface area contributed by atoms with Gasteiger partial charge in [-0.25, -0.2) is 4.79 Å². The maximum absolute atomic E-state index is 13.4. The molecule has 0 spiro atoms. The molecule has 2 aliphatic heterocycles. The number of hydrogen-bond acceptors (Lipinski definition) is 9. The first-order chi connectivity index (χ1) is 29.1. The molecule has 60 heavy (non-hydrogen) atoms. The maximum atomic E-state index is 13.4. The summed E-state index contributed by atoms with van der Waals surface area (Å²) in [6.45, 7) is 3.32. The van der Waals surface area contributed by atoms with E-state index in [1.807, 2.05) is 24.4 Å². The molecule has 5 aromatic rings. The molecule has 4 fully saturated rings. The van der Waals surface area contributed by atoms with Crippen molar-refractivity contribution in [3.05, 3.63) is 86.8 Å². The number of ether oxygens (including phenoxy) is 2. The highest BCUT2D eigenvalue weighted by Crippen LogP contribution is 2.36. The molecule has 9 rings (SSSR count). The summed E-state index contributed by atoms with van der Waals surface area (Å²) < 4.78 is 18.5. The Hall–Kier alpha value is -5.98. The topological polar surface area (TPSA) is 164 Å². The van der Waals surface area contributed by atoms with Crippen molar-refractivity contribution in [2.75, 3.05) is 38.7 Å². The van der Waals surface area contributed by atoms with Crippen molar-refractivity contribution in [2.24, 2.45) is 13.0 Å². The molecule has 2 saturated carbocycles. The number of likely N-dealkylation sites (tertiary alicyclic amines) is 1. The van der Waals surface area contributed by atoms with Gasteiger partial charge in [0.05, 0.1) is 46.9 Å².